The highest BCUT2D eigenvalue weighted by Crippen LogP contribution is 2.23. The lowest BCUT2D eigenvalue weighted by atomic mass is 10.2. The number of carbonyl (C=O) groups is 1. The molecular weight excluding hydrogens is 465 g/mol. The third-order valence-electron chi connectivity index (χ3n) is 5.42. The Labute approximate surface area is 196 Å². The number of benzene rings is 2. The van der Waals surface area contributed by atoms with Gasteiger partial charge in [0.25, 0.3) is 5.91 Å². The zero-order chi connectivity index (χ0) is 23.8. The van der Waals surface area contributed by atoms with E-state index in [4.69, 9.17) is 4.74 Å². The van der Waals surface area contributed by atoms with E-state index in [0.717, 1.165) is 6.42 Å². The smallest absolute Gasteiger partial charge is 0.279 e. The lowest BCUT2D eigenvalue weighted by Crippen LogP contribution is -2.48. The van der Waals surface area contributed by atoms with Crippen LogP contribution >= 0.6 is 11.3 Å². The van der Waals surface area contributed by atoms with Crippen LogP contribution in [0.1, 0.15) is 37.6 Å². The van der Waals surface area contributed by atoms with Gasteiger partial charge in [-0.15, -0.1) is 0 Å². The first-order chi connectivity index (χ1) is 15.7. The standard InChI is InChI=1S/C23H26FN3O4S2/c1-4-12-27-21-19(24)6-5-7-20(21)32-23(27)25-22(28)17-8-10-18(11-9-17)33(29,30)26-13-15(2)31-16(3)14-26/h5-11,15-16H,4,12-14H2,1-3H3. The molecule has 0 spiro atoms. The molecule has 4 rings (SSSR count). The molecule has 1 aliphatic heterocycles. The Balaban J connectivity index is 1.64. The number of halogens is 1. The fourth-order valence-electron chi connectivity index (χ4n) is 4.00. The summed E-state index contributed by atoms with van der Waals surface area (Å²) in [4.78, 5) is 17.6. The van der Waals surface area contributed by atoms with Crippen molar-refractivity contribution in [2.75, 3.05) is 13.1 Å². The SMILES string of the molecule is CCCn1c(=NC(=O)c2ccc(S(=O)(=O)N3CC(C)OC(C)C3)cc2)sc2cccc(F)c21. The number of hydrogen-bond donors (Lipinski definition) is 0. The number of rotatable bonds is 5. The van der Waals surface area contributed by atoms with Crippen molar-refractivity contribution in [2.24, 2.45) is 4.99 Å². The number of thiazole rings is 1. The second-order valence-electron chi connectivity index (χ2n) is 8.14. The van der Waals surface area contributed by atoms with Gasteiger partial charge < -0.3 is 9.30 Å². The number of aromatic nitrogens is 1. The number of nitrogens with zero attached hydrogens (tertiary/aromatic N) is 3. The van der Waals surface area contributed by atoms with E-state index in [2.05, 4.69) is 4.99 Å². The van der Waals surface area contributed by atoms with Gasteiger partial charge in [-0.25, -0.2) is 12.8 Å². The second-order valence-corrected chi connectivity index (χ2v) is 11.1. The fraction of sp³-hybridized carbons (Fsp3) is 0.391. The van der Waals surface area contributed by atoms with Gasteiger partial charge in [0.1, 0.15) is 5.82 Å². The number of aryl methyl sites for hydroxylation is 1. The first kappa shape index (κ1) is 23.7. The van der Waals surface area contributed by atoms with Crippen LogP contribution in [0.2, 0.25) is 0 Å². The molecule has 1 saturated heterocycles. The van der Waals surface area contributed by atoms with E-state index in [1.165, 1.54) is 46.0 Å². The van der Waals surface area contributed by atoms with Crippen LogP contribution in [-0.2, 0) is 21.3 Å². The van der Waals surface area contributed by atoms with Crippen molar-refractivity contribution in [1.82, 2.24) is 8.87 Å². The Morgan fingerprint density at radius 3 is 2.45 bits per heavy atom. The van der Waals surface area contributed by atoms with E-state index < -0.39 is 15.9 Å². The van der Waals surface area contributed by atoms with Crippen molar-refractivity contribution in [2.45, 2.75) is 50.8 Å². The van der Waals surface area contributed by atoms with Crippen molar-refractivity contribution in [3.8, 4) is 0 Å². The lowest BCUT2D eigenvalue weighted by Gasteiger charge is -2.34. The van der Waals surface area contributed by atoms with E-state index in [1.54, 1.807) is 16.7 Å². The van der Waals surface area contributed by atoms with Crippen LogP contribution in [-0.4, -0.2) is 48.5 Å². The number of morpholine rings is 1. The van der Waals surface area contributed by atoms with Crippen LogP contribution in [0, 0.1) is 5.82 Å². The fourth-order valence-corrected chi connectivity index (χ4v) is 6.66. The zero-order valence-corrected chi connectivity index (χ0v) is 20.3. The van der Waals surface area contributed by atoms with Gasteiger partial charge in [0.2, 0.25) is 10.0 Å². The Kier molecular flexibility index (Phi) is 6.81. The largest absolute Gasteiger partial charge is 0.373 e. The Bertz CT molecular complexity index is 1340. The summed E-state index contributed by atoms with van der Waals surface area (Å²) >= 11 is 1.25. The van der Waals surface area contributed by atoms with Gasteiger partial charge in [0.05, 0.1) is 27.3 Å². The van der Waals surface area contributed by atoms with Crippen molar-refractivity contribution in [1.29, 1.82) is 0 Å². The third-order valence-corrected chi connectivity index (χ3v) is 8.31. The van der Waals surface area contributed by atoms with Gasteiger partial charge in [0, 0.05) is 25.2 Å². The molecule has 0 aliphatic carbocycles. The van der Waals surface area contributed by atoms with Crippen LogP contribution < -0.4 is 4.80 Å². The monoisotopic (exact) mass is 491 g/mol. The average molecular weight is 492 g/mol. The maximum Gasteiger partial charge on any atom is 0.279 e. The summed E-state index contributed by atoms with van der Waals surface area (Å²) in [5.41, 5.74) is 0.699. The maximum absolute atomic E-state index is 14.4. The normalized spacial score (nSPS) is 20.4. The van der Waals surface area contributed by atoms with E-state index in [-0.39, 0.29) is 41.6 Å². The quantitative estimate of drug-likeness (QED) is 0.544. The molecule has 0 N–H and O–H groups in total. The number of carbonyl (C=O) groups excluding carboxylic acids is 1. The van der Waals surface area contributed by atoms with Gasteiger partial charge in [-0.3, -0.25) is 4.79 Å². The third kappa shape index (κ3) is 4.79. The zero-order valence-electron chi connectivity index (χ0n) is 18.7. The van der Waals surface area contributed by atoms with E-state index in [9.17, 15) is 17.6 Å². The summed E-state index contributed by atoms with van der Waals surface area (Å²) < 4.78 is 49.9. The Hall–Kier alpha value is -2.40. The highest BCUT2D eigenvalue weighted by atomic mass is 32.2. The molecule has 1 amide bonds. The van der Waals surface area contributed by atoms with Gasteiger partial charge in [-0.1, -0.05) is 24.3 Å². The average Bonchev–Trinajstić information content (AvgIpc) is 3.11. The number of fused-ring (bicyclic) bond motifs is 1. The number of amides is 1. The van der Waals surface area contributed by atoms with Crippen molar-refractivity contribution in [3.05, 3.63) is 58.6 Å². The second kappa shape index (κ2) is 9.46. The van der Waals surface area contributed by atoms with Crippen LogP contribution in [0.15, 0.2) is 52.4 Å². The van der Waals surface area contributed by atoms with Gasteiger partial charge in [0.15, 0.2) is 4.80 Å². The lowest BCUT2D eigenvalue weighted by molar-refractivity contribution is -0.0440. The maximum atomic E-state index is 14.4. The highest BCUT2D eigenvalue weighted by Gasteiger charge is 2.32. The topological polar surface area (TPSA) is 81.0 Å². The summed E-state index contributed by atoms with van der Waals surface area (Å²) in [6, 6.07) is 10.6. The molecule has 33 heavy (non-hydrogen) atoms. The summed E-state index contributed by atoms with van der Waals surface area (Å²) in [5, 5.41) is 0. The first-order valence-electron chi connectivity index (χ1n) is 10.8. The van der Waals surface area contributed by atoms with E-state index >= 15 is 0 Å². The Morgan fingerprint density at radius 2 is 1.82 bits per heavy atom. The van der Waals surface area contributed by atoms with Crippen LogP contribution in [0.3, 0.4) is 0 Å². The van der Waals surface area contributed by atoms with Crippen molar-refractivity contribution < 1.29 is 22.3 Å². The molecule has 0 bridgehead atoms. The van der Waals surface area contributed by atoms with Crippen molar-refractivity contribution >= 4 is 37.5 Å². The van der Waals surface area contributed by atoms with Crippen LogP contribution in [0.25, 0.3) is 10.2 Å². The number of sulfonamides is 1. The molecule has 2 aromatic carbocycles. The van der Waals surface area contributed by atoms with Gasteiger partial charge in [-0.2, -0.15) is 9.30 Å². The minimum absolute atomic E-state index is 0.116. The van der Waals surface area contributed by atoms with Crippen LogP contribution in [0.4, 0.5) is 4.39 Å². The van der Waals surface area contributed by atoms with Gasteiger partial charge in [-0.05, 0) is 56.7 Å². The summed E-state index contributed by atoms with van der Waals surface area (Å²) in [7, 11) is -3.70. The molecule has 1 fully saturated rings. The van der Waals surface area contributed by atoms with Crippen molar-refractivity contribution in [3.63, 3.8) is 0 Å². The summed E-state index contributed by atoms with van der Waals surface area (Å²) in [5.74, 6) is -0.864. The van der Waals surface area contributed by atoms with Crippen LogP contribution in [0.5, 0.6) is 0 Å². The molecule has 0 radical (unpaired) electrons. The number of para-hydroxylation sites is 1. The van der Waals surface area contributed by atoms with E-state index in [0.29, 0.717) is 21.6 Å². The number of ether oxygens (including phenoxy) is 1. The molecule has 1 aromatic heterocycles. The molecule has 10 heteroatoms. The number of hydrogen-bond acceptors (Lipinski definition) is 5. The Morgan fingerprint density at radius 1 is 1.15 bits per heavy atom. The summed E-state index contributed by atoms with van der Waals surface area (Å²) in [6.45, 7) is 6.74. The first-order valence-corrected chi connectivity index (χ1v) is 13.1. The highest BCUT2D eigenvalue weighted by molar-refractivity contribution is 7.89. The van der Waals surface area contributed by atoms with Gasteiger partial charge >= 0.3 is 0 Å². The molecule has 2 unspecified atom stereocenters. The van der Waals surface area contributed by atoms with E-state index in [1.807, 2.05) is 20.8 Å². The molecule has 176 valence electrons. The molecule has 2 heterocycles. The predicted molar refractivity (Wildman–Crippen MR) is 125 cm³/mol. The minimum atomic E-state index is -3.70. The summed E-state index contributed by atoms with van der Waals surface area (Å²) in [6.07, 6.45) is 0.376. The molecular formula is C23H26FN3O4S2. The molecule has 3 aromatic rings. The molecule has 1 aliphatic rings. The molecule has 0 saturated carbocycles. The molecule has 7 nitrogen and oxygen atoms in total. The predicted octanol–water partition coefficient (Wildman–Crippen LogP) is 3.79. The molecule has 2 atom stereocenters. The minimum Gasteiger partial charge on any atom is -0.373 e.